The minimum atomic E-state index is -0.164. The third kappa shape index (κ3) is 6.07. The summed E-state index contributed by atoms with van der Waals surface area (Å²) in [5.74, 6) is 0. The summed E-state index contributed by atoms with van der Waals surface area (Å²) in [5.41, 5.74) is 19.2. The Hall–Kier alpha value is -8.32. The second-order valence-corrected chi connectivity index (χ2v) is 17.5. The number of hydrogen-bond acceptors (Lipinski definition) is 2. The fourth-order valence-electron chi connectivity index (χ4n) is 10.2. The highest BCUT2D eigenvalue weighted by Crippen LogP contribution is 2.51. The molecule has 0 aliphatic heterocycles. The van der Waals surface area contributed by atoms with Crippen LogP contribution < -0.4 is 0 Å². The van der Waals surface area contributed by atoms with Crippen molar-refractivity contribution in [2.75, 3.05) is 0 Å². The van der Waals surface area contributed by atoms with E-state index in [2.05, 4.69) is 213 Å². The van der Waals surface area contributed by atoms with Crippen LogP contribution in [-0.4, -0.2) is 9.55 Å². The zero-order valence-corrected chi connectivity index (χ0v) is 35.5. The molecule has 64 heavy (non-hydrogen) atoms. The van der Waals surface area contributed by atoms with Gasteiger partial charge in [-0.1, -0.05) is 159 Å². The molecule has 0 bridgehead atoms. The average molecular weight is 816 g/mol. The van der Waals surface area contributed by atoms with Gasteiger partial charge in [-0.2, -0.15) is 5.26 Å². The van der Waals surface area contributed by atoms with Crippen molar-refractivity contribution < 1.29 is 0 Å². The number of nitrogens with zero attached hydrogens (tertiary/aromatic N) is 3. The molecule has 0 amide bonds. The van der Waals surface area contributed by atoms with Crippen LogP contribution in [-0.2, 0) is 5.41 Å². The van der Waals surface area contributed by atoms with E-state index < -0.39 is 0 Å². The number of para-hydroxylation sites is 1. The maximum atomic E-state index is 10.6. The van der Waals surface area contributed by atoms with Crippen LogP contribution in [0.3, 0.4) is 0 Å². The maximum Gasteiger partial charge on any atom is 0.0992 e. The summed E-state index contributed by atoms with van der Waals surface area (Å²) in [7, 11) is 0. The Kier molecular flexibility index (Phi) is 8.58. The third-order valence-electron chi connectivity index (χ3n) is 13.3. The Morgan fingerprint density at radius 2 is 0.969 bits per heavy atom. The van der Waals surface area contributed by atoms with E-state index in [0.717, 1.165) is 78.0 Å². The van der Waals surface area contributed by atoms with Crippen molar-refractivity contribution in [3.63, 3.8) is 0 Å². The van der Waals surface area contributed by atoms with Crippen LogP contribution in [0.15, 0.2) is 212 Å². The summed E-state index contributed by atoms with van der Waals surface area (Å²) in [6, 6.07) is 78.5. The predicted octanol–water partition coefficient (Wildman–Crippen LogP) is 15.8. The molecule has 1 aliphatic rings. The van der Waals surface area contributed by atoms with Crippen LogP contribution in [0.5, 0.6) is 0 Å². The Labute approximate surface area is 372 Å². The molecule has 0 fully saturated rings. The van der Waals surface area contributed by atoms with Gasteiger partial charge in [-0.15, -0.1) is 0 Å². The van der Waals surface area contributed by atoms with Crippen LogP contribution in [0.4, 0.5) is 0 Å². The number of rotatable bonds is 6. The number of pyridine rings is 1. The number of nitriles is 1. The third-order valence-corrected chi connectivity index (χ3v) is 13.3. The van der Waals surface area contributed by atoms with E-state index in [1.165, 1.54) is 38.4 Å². The lowest BCUT2D eigenvalue weighted by Gasteiger charge is -2.22. The van der Waals surface area contributed by atoms with Crippen LogP contribution >= 0.6 is 0 Å². The molecule has 3 nitrogen and oxygen atoms in total. The monoisotopic (exact) mass is 815 g/mol. The summed E-state index contributed by atoms with van der Waals surface area (Å²) >= 11 is 0. The second-order valence-electron chi connectivity index (χ2n) is 17.5. The first-order valence-corrected chi connectivity index (χ1v) is 21.9. The number of benzene rings is 9. The Bertz CT molecular complexity index is 3640. The van der Waals surface area contributed by atoms with E-state index >= 15 is 0 Å². The van der Waals surface area contributed by atoms with E-state index in [1.54, 1.807) is 0 Å². The van der Waals surface area contributed by atoms with Gasteiger partial charge in [-0.05, 0) is 133 Å². The summed E-state index contributed by atoms with van der Waals surface area (Å²) in [6.07, 6.45) is 0. The van der Waals surface area contributed by atoms with Gasteiger partial charge in [-0.3, -0.25) is 0 Å². The summed E-state index contributed by atoms with van der Waals surface area (Å²) in [6.45, 7) is 4.70. The molecule has 0 unspecified atom stereocenters. The van der Waals surface area contributed by atoms with Gasteiger partial charge in [-0.25, -0.2) is 4.98 Å². The number of fused-ring (bicyclic) bond motifs is 7. The highest BCUT2D eigenvalue weighted by atomic mass is 15.0. The molecule has 0 radical (unpaired) electrons. The van der Waals surface area contributed by atoms with Crippen molar-refractivity contribution in [1.82, 2.24) is 9.55 Å². The van der Waals surface area contributed by atoms with Crippen molar-refractivity contribution in [1.29, 1.82) is 5.26 Å². The van der Waals surface area contributed by atoms with Crippen molar-refractivity contribution in [2.24, 2.45) is 0 Å². The van der Waals surface area contributed by atoms with Gasteiger partial charge in [0.05, 0.1) is 34.1 Å². The van der Waals surface area contributed by atoms with Crippen LogP contribution in [0.25, 0.3) is 105 Å². The van der Waals surface area contributed by atoms with Gasteiger partial charge in [0.15, 0.2) is 0 Å². The van der Waals surface area contributed by atoms with Gasteiger partial charge in [0.25, 0.3) is 0 Å². The van der Waals surface area contributed by atoms with Crippen LogP contribution in [0, 0.1) is 11.3 Å². The van der Waals surface area contributed by atoms with E-state index in [1.807, 2.05) is 24.3 Å². The zero-order valence-electron chi connectivity index (χ0n) is 35.5. The molecule has 9 aromatic carbocycles. The second kappa shape index (κ2) is 14.7. The first kappa shape index (κ1) is 37.4. The summed E-state index contributed by atoms with van der Waals surface area (Å²) in [4.78, 5) is 5.25. The molecule has 0 N–H and O–H groups in total. The summed E-state index contributed by atoms with van der Waals surface area (Å²) < 4.78 is 2.45. The maximum absolute atomic E-state index is 10.6. The lowest BCUT2D eigenvalue weighted by atomic mass is 9.82. The minimum absolute atomic E-state index is 0.164. The fraction of sp³-hybridized carbons (Fsp3) is 0.0492. The Morgan fingerprint density at radius 3 is 1.70 bits per heavy atom. The lowest BCUT2D eigenvalue weighted by Crippen LogP contribution is -2.15. The molecule has 0 spiro atoms. The first-order valence-electron chi connectivity index (χ1n) is 21.9. The molecule has 12 rings (SSSR count). The van der Waals surface area contributed by atoms with Crippen molar-refractivity contribution >= 4 is 32.6 Å². The van der Waals surface area contributed by atoms with Gasteiger partial charge >= 0.3 is 0 Å². The van der Waals surface area contributed by atoms with Crippen molar-refractivity contribution in [3.8, 4) is 78.8 Å². The smallest absolute Gasteiger partial charge is 0.0992 e. The molecule has 2 aromatic heterocycles. The van der Waals surface area contributed by atoms with E-state index in [9.17, 15) is 5.26 Å². The molecular weight excluding hydrogens is 775 g/mol. The van der Waals surface area contributed by atoms with Crippen molar-refractivity contribution in [2.45, 2.75) is 19.3 Å². The Morgan fingerprint density at radius 1 is 0.406 bits per heavy atom. The molecule has 300 valence electrons. The quantitative estimate of drug-likeness (QED) is 0.168. The minimum Gasteiger partial charge on any atom is -0.309 e. The molecule has 0 saturated heterocycles. The van der Waals surface area contributed by atoms with Gasteiger partial charge in [0.1, 0.15) is 0 Å². The molecule has 0 atom stereocenters. The molecule has 0 saturated carbocycles. The SMILES string of the molecule is CC1(C)c2ccccc2-c2cc3c4ccccc4n(-c4cc(-c5cc(C#N)cc(-c6cccc7ccccc67)c5)cc(-c5cc(-c6ccccc6)nc(-c6ccccc6)c5)c4)c3cc21. The number of hydrogen-bond donors (Lipinski definition) is 0. The van der Waals surface area contributed by atoms with Gasteiger partial charge in [0.2, 0.25) is 0 Å². The zero-order chi connectivity index (χ0) is 42.9. The summed E-state index contributed by atoms with van der Waals surface area (Å²) in [5, 5.41) is 15.3. The predicted molar refractivity (Wildman–Crippen MR) is 266 cm³/mol. The van der Waals surface area contributed by atoms with Gasteiger partial charge in [0, 0.05) is 33.0 Å². The van der Waals surface area contributed by atoms with E-state index in [-0.39, 0.29) is 5.41 Å². The largest absolute Gasteiger partial charge is 0.309 e. The topological polar surface area (TPSA) is 41.6 Å². The lowest BCUT2D eigenvalue weighted by molar-refractivity contribution is 0.661. The molecule has 2 heterocycles. The molecule has 11 aromatic rings. The average Bonchev–Trinajstić information content (AvgIpc) is 3.80. The standard InChI is InChI=1S/C61H41N3/c1-61(2)55-26-13-11-23-51(55)53-36-54-52-24-12-14-27-59(52)64(60(54)37-56(53)61)48-32-44(43-28-39(38-62)29-47(31-43)50-25-15-21-40-16-9-10-22-49(40)50)30-45(33-48)46-34-57(41-17-5-3-6-18-41)63-58(35-46)42-19-7-4-8-20-42/h3-37H,1-2H3. The molecular formula is C61H41N3. The number of aromatic nitrogens is 2. The highest BCUT2D eigenvalue weighted by molar-refractivity contribution is 6.12. The first-order chi connectivity index (χ1) is 31.4. The van der Waals surface area contributed by atoms with Crippen molar-refractivity contribution in [3.05, 3.63) is 229 Å². The van der Waals surface area contributed by atoms with Gasteiger partial charge < -0.3 is 4.57 Å². The molecule has 3 heteroatoms. The highest BCUT2D eigenvalue weighted by Gasteiger charge is 2.36. The van der Waals surface area contributed by atoms with Crippen LogP contribution in [0.1, 0.15) is 30.5 Å². The normalized spacial score (nSPS) is 12.6. The Balaban J connectivity index is 1.15. The van der Waals surface area contributed by atoms with Crippen LogP contribution in [0.2, 0.25) is 0 Å². The van der Waals surface area contributed by atoms with E-state index in [0.29, 0.717) is 5.56 Å². The fourth-order valence-corrected chi connectivity index (χ4v) is 10.2. The van der Waals surface area contributed by atoms with E-state index in [4.69, 9.17) is 4.98 Å². The molecule has 1 aliphatic carbocycles.